The fraction of sp³-hybridized carbons (Fsp3) is 0.0952. The van der Waals surface area contributed by atoms with Crippen LogP contribution in [0, 0.1) is 10.1 Å². The quantitative estimate of drug-likeness (QED) is 0.320. The Morgan fingerprint density at radius 1 is 0.967 bits per heavy atom. The molecule has 1 N–H and O–H groups in total. The molecule has 1 amide bonds. The topological polar surface area (TPSA) is 115 Å². The minimum atomic E-state index is -0.553. The Kier molecular flexibility index (Phi) is 6.67. The molecule has 9 heteroatoms. The molecule has 152 valence electrons. The molecular formula is C21H18N4O5. The third kappa shape index (κ3) is 5.61. The molecule has 3 aromatic rings. The molecule has 0 atom stereocenters. The molecule has 0 saturated heterocycles. The Balaban J connectivity index is 1.57. The summed E-state index contributed by atoms with van der Waals surface area (Å²) in [4.78, 5) is 22.5. The van der Waals surface area contributed by atoms with Gasteiger partial charge in [-0.3, -0.25) is 14.9 Å². The number of rotatable bonds is 8. The molecule has 0 fully saturated rings. The zero-order valence-electron chi connectivity index (χ0n) is 16.0. The van der Waals surface area contributed by atoms with E-state index in [0.29, 0.717) is 17.1 Å². The van der Waals surface area contributed by atoms with Gasteiger partial charge in [-0.25, -0.2) is 0 Å². The number of amides is 1. The van der Waals surface area contributed by atoms with Crippen molar-refractivity contribution in [3.8, 4) is 11.5 Å². The van der Waals surface area contributed by atoms with Crippen LogP contribution < -0.4 is 14.8 Å². The van der Waals surface area contributed by atoms with Gasteiger partial charge in [0.15, 0.2) is 18.1 Å². The molecule has 0 bridgehead atoms. The fourth-order valence-electron chi connectivity index (χ4n) is 2.45. The average Bonchev–Trinajstić information content (AvgIpc) is 2.77. The number of hydrogen-bond donors (Lipinski definition) is 1. The number of methoxy groups -OCH3 is 1. The second-order valence-corrected chi connectivity index (χ2v) is 6.01. The van der Waals surface area contributed by atoms with Gasteiger partial charge in [0.1, 0.15) is 0 Å². The molecule has 3 aromatic carbocycles. The van der Waals surface area contributed by atoms with Crippen LogP contribution in [0.5, 0.6) is 11.5 Å². The number of ether oxygens (including phenoxy) is 2. The minimum absolute atomic E-state index is 0.110. The normalized spacial score (nSPS) is 10.6. The van der Waals surface area contributed by atoms with Crippen LogP contribution in [0.15, 0.2) is 83.0 Å². The van der Waals surface area contributed by atoms with Crippen molar-refractivity contribution in [1.29, 1.82) is 0 Å². The Morgan fingerprint density at radius 2 is 1.63 bits per heavy atom. The number of carbonyl (C=O) groups excluding carboxylic acids is 1. The number of nitrogens with zero attached hydrogens (tertiary/aromatic N) is 3. The first kappa shape index (κ1) is 20.5. The van der Waals surface area contributed by atoms with E-state index in [1.54, 1.807) is 24.3 Å². The summed E-state index contributed by atoms with van der Waals surface area (Å²) in [5, 5.41) is 21.8. The van der Waals surface area contributed by atoms with Crippen LogP contribution in [0.25, 0.3) is 0 Å². The first-order valence-corrected chi connectivity index (χ1v) is 8.87. The highest BCUT2D eigenvalue weighted by Gasteiger charge is 2.14. The maximum absolute atomic E-state index is 12.1. The second-order valence-electron chi connectivity index (χ2n) is 6.01. The largest absolute Gasteiger partial charge is 0.493 e. The van der Waals surface area contributed by atoms with Crippen molar-refractivity contribution in [2.24, 2.45) is 10.2 Å². The van der Waals surface area contributed by atoms with Gasteiger partial charge < -0.3 is 14.8 Å². The van der Waals surface area contributed by atoms with Crippen molar-refractivity contribution in [2.75, 3.05) is 19.0 Å². The molecule has 30 heavy (non-hydrogen) atoms. The van der Waals surface area contributed by atoms with Crippen molar-refractivity contribution in [2.45, 2.75) is 0 Å². The SMILES string of the molecule is COc1ccc([N+](=O)[O-])cc1OCC(=O)Nc1ccc(N=Nc2ccccc2)cc1. The zero-order chi connectivity index (χ0) is 21.3. The number of carbonyl (C=O) groups is 1. The minimum Gasteiger partial charge on any atom is -0.493 e. The van der Waals surface area contributed by atoms with E-state index in [2.05, 4.69) is 15.5 Å². The van der Waals surface area contributed by atoms with E-state index in [4.69, 9.17) is 9.47 Å². The van der Waals surface area contributed by atoms with Crippen molar-refractivity contribution in [3.05, 3.63) is 82.9 Å². The summed E-state index contributed by atoms with van der Waals surface area (Å²) < 4.78 is 10.5. The van der Waals surface area contributed by atoms with Gasteiger partial charge in [-0.05, 0) is 42.5 Å². The summed E-state index contributed by atoms with van der Waals surface area (Å²) in [6.07, 6.45) is 0. The third-order valence-corrected chi connectivity index (χ3v) is 3.90. The number of hydrogen-bond acceptors (Lipinski definition) is 7. The zero-order valence-corrected chi connectivity index (χ0v) is 16.0. The van der Waals surface area contributed by atoms with E-state index in [0.717, 1.165) is 5.69 Å². The lowest BCUT2D eigenvalue weighted by Crippen LogP contribution is -2.20. The molecule has 0 unspecified atom stereocenters. The highest BCUT2D eigenvalue weighted by molar-refractivity contribution is 5.92. The summed E-state index contributed by atoms with van der Waals surface area (Å²) in [5.41, 5.74) is 1.76. The monoisotopic (exact) mass is 406 g/mol. The summed E-state index contributed by atoms with van der Waals surface area (Å²) in [5.74, 6) is -0.0257. The van der Waals surface area contributed by atoms with Crippen LogP contribution in [0.1, 0.15) is 0 Å². The Hall–Kier alpha value is -4.27. The van der Waals surface area contributed by atoms with E-state index < -0.39 is 10.8 Å². The molecule has 0 aliphatic carbocycles. The van der Waals surface area contributed by atoms with Crippen molar-refractivity contribution < 1.29 is 19.2 Å². The lowest BCUT2D eigenvalue weighted by Gasteiger charge is -2.10. The van der Waals surface area contributed by atoms with E-state index in [1.165, 1.54) is 25.3 Å². The predicted octanol–water partition coefficient (Wildman–Crippen LogP) is 5.04. The van der Waals surface area contributed by atoms with Crippen LogP contribution in [0.4, 0.5) is 22.7 Å². The molecule has 9 nitrogen and oxygen atoms in total. The average molecular weight is 406 g/mol. The van der Waals surface area contributed by atoms with Crippen LogP contribution in [0.2, 0.25) is 0 Å². The van der Waals surface area contributed by atoms with Gasteiger partial charge in [0, 0.05) is 11.8 Å². The molecular weight excluding hydrogens is 388 g/mol. The van der Waals surface area contributed by atoms with E-state index in [1.807, 2.05) is 30.3 Å². The summed E-state index contributed by atoms with van der Waals surface area (Å²) in [6.45, 7) is -0.340. The molecule has 0 aliphatic rings. The van der Waals surface area contributed by atoms with Gasteiger partial charge in [-0.15, -0.1) is 0 Å². The molecule has 0 aromatic heterocycles. The van der Waals surface area contributed by atoms with Gasteiger partial charge in [0.25, 0.3) is 11.6 Å². The van der Waals surface area contributed by atoms with Gasteiger partial charge in [-0.2, -0.15) is 10.2 Å². The second kappa shape index (κ2) is 9.78. The summed E-state index contributed by atoms with van der Waals surface area (Å²) in [7, 11) is 1.41. The molecule has 0 spiro atoms. The summed E-state index contributed by atoms with van der Waals surface area (Å²) >= 11 is 0. The Morgan fingerprint density at radius 3 is 2.27 bits per heavy atom. The van der Waals surface area contributed by atoms with Crippen LogP contribution >= 0.6 is 0 Å². The number of non-ortho nitro benzene ring substituents is 1. The van der Waals surface area contributed by atoms with E-state index in [-0.39, 0.29) is 18.0 Å². The lowest BCUT2D eigenvalue weighted by atomic mass is 10.3. The third-order valence-electron chi connectivity index (χ3n) is 3.90. The predicted molar refractivity (Wildman–Crippen MR) is 111 cm³/mol. The first-order valence-electron chi connectivity index (χ1n) is 8.87. The number of benzene rings is 3. The number of nitro groups is 1. The Labute approximate surface area is 172 Å². The van der Waals surface area contributed by atoms with Crippen LogP contribution in [0.3, 0.4) is 0 Å². The van der Waals surface area contributed by atoms with Gasteiger partial charge in [0.05, 0.1) is 29.5 Å². The Bertz CT molecular complexity index is 1050. The number of nitrogens with one attached hydrogen (secondary N) is 1. The van der Waals surface area contributed by atoms with Gasteiger partial charge >= 0.3 is 0 Å². The molecule has 0 radical (unpaired) electrons. The van der Waals surface area contributed by atoms with E-state index in [9.17, 15) is 14.9 Å². The summed E-state index contributed by atoms with van der Waals surface area (Å²) in [6, 6.07) is 20.0. The lowest BCUT2D eigenvalue weighted by molar-refractivity contribution is -0.385. The fourth-order valence-corrected chi connectivity index (χ4v) is 2.45. The van der Waals surface area contributed by atoms with Crippen molar-refractivity contribution in [1.82, 2.24) is 0 Å². The molecule has 0 heterocycles. The van der Waals surface area contributed by atoms with Crippen molar-refractivity contribution in [3.63, 3.8) is 0 Å². The number of azo groups is 1. The van der Waals surface area contributed by atoms with Gasteiger partial charge in [-0.1, -0.05) is 18.2 Å². The highest BCUT2D eigenvalue weighted by Crippen LogP contribution is 2.31. The highest BCUT2D eigenvalue weighted by atomic mass is 16.6. The maximum Gasteiger partial charge on any atom is 0.273 e. The molecule has 0 saturated carbocycles. The smallest absolute Gasteiger partial charge is 0.273 e. The number of anilines is 1. The van der Waals surface area contributed by atoms with Crippen LogP contribution in [-0.2, 0) is 4.79 Å². The number of nitro benzene ring substituents is 1. The molecule has 3 rings (SSSR count). The van der Waals surface area contributed by atoms with Crippen LogP contribution in [-0.4, -0.2) is 24.5 Å². The maximum atomic E-state index is 12.1. The standard InChI is InChI=1S/C21H18N4O5/c1-29-19-12-11-18(25(27)28)13-20(19)30-14-21(26)22-15-7-9-17(10-8-15)24-23-16-5-3-2-4-6-16/h2-13H,14H2,1H3,(H,22,26). The molecule has 0 aliphatic heterocycles. The van der Waals surface area contributed by atoms with Gasteiger partial charge in [0.2, 0.25) is 0 Å². The van der Waals surface area contributed by atoms with Crippen molar-refractivity contribution >= 4 is 28.7 Å². The first-order chi connectivity index (χ1) is 14.5. The van der Waals surface area contributed by atoms with E-state index >= 15 is 0 Å².